The number of carbonyl (C=O) groups is 2. The van der Waals surface area contributed by atoms with Gasteiger partial charge in [0.15, 0.2) is 0 Å². The van der Waals surface area contributed by atoms with Gasteiger partial charge in [-0.2, -0.15) is 0 Å². The zero-order valence-electron chi connectivity index (χ0n) is 14.5. The van der Waals surface area contributed by atoms with Crippen LogP contribution in [0.1, 0.15) is 18.1 Å². The zero-order valence-corrected chi connectivity index (χ0v) is 15.3. The van der Waals surface area contributed by atoms with Crippen LogP contribution in [0.2, 0.25) is 5.02 Å². The Labute approximate surface area is 152 Å². The third kappa shape index (κ3) is 4.97. The molecule has 25 heavy (non-hydrogen) atoms. The van der Waals surface area contributed by atoms with E-state index in [9.17, 15) is 9.59 Å². The summed E-state index contributed by atoms with van der Waals surface area (Å²) in [5.41, 5.74) is 2.60. The van der Waals surface area contributed by atoms with E-state index >= 15 is 0 Å². The molecule has 0 radical (unpaired) electrons. The Bertz CT molecular complexity index is 777. The van der Waals surface area contributed by atoms with Gasteiger partial charge in [0.05, 0.1) is 12.8 Å². The van der Waals surface area contributed by atoms with Crippen molar-refractivity contribution < 1.29 is 14.3 Å². The molecule has 0 saturated carbocycles. The Morgan fingerprint density at radius 3 is 2.56 bits per heavy atom. The predicted octanol–water partition coefficient (Wildman–Crippen LogP) is 3.33. The first-order chi connectivity index (χ1) is 11.9. The monoisotopic (exact) mass is 360 g/mol. The smallest absolute Gasteiger partial charge is 0.240 e. The number of aryl methyl sites for hydroxylation is 1. The van der Waals surface area contributed by atoms with Crippen LogP contribution in [0.15, 0.2) is 42.5 Å². The number of nitrogens with zero attached hydrogens (tertiary/aromatic N) is 1. The summed E-state index contributed by atoms with van der Waals surface area (Å²) in [4.78, 5) is 25.7. The fourth-order valence-corrected chi connectivity index (χ4v) is 2.61. The Morgan fingerprint density at radius 1 is 1.20 bits per heavy atom. The van der Waals surface area contributed by atoms with Gasteiger partial charge in [-0.25, -0.2) is 0 Å². The molecule has 0 atom stereocenters. The first-order valence-electron chi connectivity index (χ1n) is 7.85. The predicted molar refractivity (Wildman–Crippen MR) is 99.1 cm³/mol. The van der Waals surface area contributed by atoms with E-state index in [0.29, 0.717) is 23.0 Å². The molecule has 0 fully saturated rings. The fourth-order valence-electron chi connectivity index (χ4n) is 2.44. The topological polar surface area (TPSA) is 58.6 Å². The summed E-state index contributed by atoms with van der Waals surface area (Å²) in [6.07, 6.45) is 0. The van der Waals surface area contributed by atoms with Gasteiger partial charge in [0.25, 0.3) is 0 Å². The van der Waals surface area contributed by atoms with Crippen molar-refractivity contribution in [2.24, 2.45) is 0 Å². The molecule has 2 aromatic carbocycles. The molecule has 1 N–H and O–H groups in total. The highest BCUT2D eigenvalue weighted by Crippen LogP contribution is 2.31. The normalized spacial score (nSPS) is 10.2. The lowest BCUT2D eigenvalue weighted by Gasteiger charge is -2.23. The van der Waals surface area contributed by atoms with Gasteiger partial charge in [-0.15, -0.1) is 0 Å². The Kier molecular flexibility index (Phi) is 6.42. The maximum atomic E-state index is 12.3. The SMILES string of the molecule is COc1ccc(Cl)cc1N(CC(=O)NCc1ccccc1C)C(C)=O. The number of benzene rings is 2. The van der Waals surface area contributed by atoms with E-state index in [1.54, 1.807) is 18.2 Å². The van der Waals surface area contributed by atoms with Gasteiger partial charge in [0, 0.05) is 18.5 Å². The fraction of sp³-hybridized carbons (Fsp3) is 0.263. The van der Waals surface area contributed by atoms with Crippen LogP contribution in [0.5, 0.6) is 5.75 Å². The second-order valence-electron chi connectivity index (χ2n) is 5.62. The molecule has 0 aliphatic heterocycles. The van der Waals surface area contributed by atoms with Crippen molar-refractivity contribution in [3.63, 3.8) is 0 Å². The first-order valence-corrected chi connectivity index (χ1v) is 8.23. The van der Waals surface area contributed by atoms with E-state index in [1.807, 2.05) is 31.2 Å². The van der Waals surface area contributed by atoms with E-state index in [0.717, 1.165) is 11.1 Å². The molecule has 6 heteroatoms. The van der Waals surface area contributed by atoms with Crippen LogP contribution in [0, 0.1) is 6.92 Å². The highest BCUT2D eigenvalue weighted by Gasteiger charge is 2.20. The van der Waals surface area contributed by atoms with Gasteiger partial charge in [-0.1, -0.05) is 35.9 Å². The van der Waals surface area contributed by atoms with Gasteiger partial charge >= 0.3 is 0 Å². The summed E-state index contributed by atoms with van der Waals surface area (Å²) in [5.74, 6) is -0.0570. The number of methoxy groups -OCH3 is 1. The van der Waals surface area contributed by atoms with Gasteiger partial charge in [0.1, 0.15) is 12.3 Å². The van der Waals surface area contributed by atoms with Crippen molar-refractivity contribution in [1.82, 2.24) is 5.32 Å². The van der Waals surface area contributed by atoms with Crippen molar-refractivity contribution in [2.45, 2.75) is 20.4 Å². The Balaban J connectivity index is 2.11. The van der Waals surface area contributed by atoms with Gasteiger partial charge in [-0.3, -0.25) is 14.5 Å². The van der Waals surface area contributed by atoms with Gasteiger partial charge in [0.2, 0.25) is 11.8 Å². The van der Waals surface area contributed by atoms with Crippen LogP contribution >= 0.6 is 11.6 Å². The van der Waals surface area contributed by atoms with E-state index in [1.165, 1.54) is 18.9 Å². The minimum absolute atomic E-state index is 0.113. The summed E-state index contributed by atoms with van der Waals surface area (Å²) >= 11 is 6.02. The highest BCUT2D eigenvalue weighted by atomic mass is 35.5. The van der Waals surface area contributed by atoms with Crippen LogP contribution in [0.25, 0.3) is 0 Å². The second kappa shape index (κ2) is 8.53. The first kappa shape index (κ1) is 18.8. The van der Waals surface area contributed by atoms with Crippen LogP contribution in [-0.4, -0.2) is 25.5 Å². The number of nitrogens with one attached hydrogen (secondary N) is 1. The minimum atomic E-state index is -0.272. The average Bonchev–Trinajstić information content (AvgIpc) is 2.58. The molecule has 2 aromatic rings. The lowest BCUT2D eigenvalue weighted by Crippen LogP contribution is -2.39. The number of anilines is 1. The molecule has 2 rings (SSSR count). The largest absolute Gasteiger partial charge is 0.495 e. The molecule has 132 valence electrons. The molecule has 0 aliphatic rings. The quantitative estimate of drug-likeness (QED) is 0.859. The van der Waals surface area contributed by atoms with Crippen molar-refractivity contribution >= 4 is 29.1 Å². The van der Waals surface area contributed by atoms with Gasteiger partial charge in [-0.05, 0) is 36.2 Å². The van der Waals surface area contributed by atoms with Crippen molar-refractivity contribution in [2.75, 3.05) is 18.6 Å². The second-order valence-corrected chi connectivity index (χ2v) is 6.06. The van der Waals surface area contributed by atoms with E-state index in [4.69, 9.17) is 16.3 Å². The summed E-state index contributed by atoms with van der Waals surface area (Å²) < 4.78 is 5.27. The summed E-state index contributed by atoms with van der Waals surface area (Å²) in [6, 6.07) is 12.8. The Hall–Kier alpha value is -2.53. The maximum absolute atomic E-state index is 12.3. The average molecular weight is 361 g/mol. The van der Waals surface area contributed by atoms with Crippen LogP contribution in [0.3, 0.4) is 0 Å². The molecular formula is C19H21ClN2O3. The van der Waals surface area contributed by atoms with E-state index in [-0.39, 0.29) is 18.4 Å². The minimum Gasteiger partial charge on any atom is -0.495 e. The number of hydrogen-bond acceptors (Lipinski definition) is 3. The van der Waals surface area contributed by atoms with Crippen LogP contribution in [-0.2, 0) is 16.1 Å². The van der Waals surface area contributed by atoms with Crippen molar-refractivity contribution in [3.8, 4) is 5.75 Å². The standard InChI is InChI=1S/C19H21ClN2O3/c1-13-6-4-5-7-15(13)11-21-19(24)12-22(14(2)23)17-10-16(20)8-9-18(17)25-3/h4-10H,11-12H2,1-3H3,(H,21,24). The molecule has 0 aliphatic carbocycles. The molecule has 5 nitrogen and oxygen atoms in total. The van der Waals surface area contributed by atoms with Crippen LogP contribution in [0.4, 0.5) is 5.69 Å². The molecule has 0 unspecified atom stereocenters. The van der Waals surface area contributed by atoms with Crippen molar-refractivity contribution in [3.05, 3.63) is 58.6 Å². The summed E-state index contributed by atoms with van der Waals surface area (Å²) in [6.45, 7) is 3.68. The van der Waals surface area contributed by atoms with E-state index in [2.05, 4.69) is 5.32 Å². The van der Waals surface area contributed by atoms with Crippen LogP contribution < -0.4 is 15.0 Å². The molecular weight excluding hydrogens is 340 g/mol. The lowest BCUT2D eigenvalue weighted by molar-refractivity contribution is -0.123. The molecule has 0 bridgehead atoms. The number of halogens is 1. The number of hydrogen-bond donors (Lipinski definition) is 1. The number of ether oxygens (including phenoxy) is 1. The van der Waals surface area contributed by atoms with Crippen molar-refractivity contribution in [1.29, 1.82) is 0 Å². The number of carbonyl (C=O) groups excluding carboxylic acids is 2. The highest BCUT2D eigenvalue weighted by molar-refractivity contribution is 6.31. The number of amides is 2. The third-order valence-corrected chi connectivity index (χ3v) is 4.09. The Morgan fingerprint density at radius 2 is 1.92 bits per heavy atom. The molecule has 0 heterocycles. The molecule has 0 aromatic heterocycles. The van der Waals surface area contributed by atoms with E-state index < -0.39 is 0 Å². The number of rotatable bonds is 6. The lowest BCUT2D eigenvalue weighted by atomic mass is 10.1. The molecule has 2 amide bonds. The maximum Gasteiger partial charge on any atom is 0.240 e. The van der Waals surface area contributed by atoms with Gasteiger partial charge < -0.3 is 10.1 Å². The molecule has 0 spiro atoms. The zero-order chi connectivity index (χ0) is 18.4. The summed E-state index contributed by atoms with van der Waals surface area (Å²) in [5, 5.41) is 3.30. The summed E-state index contributed by atoms with van der Waals surface area (Å²) in [7, 11) is 1.50. The molecule has 0 saturated heterocycles. The third-order valence-electron chi connectivity index (χ3n) is 3.85.